The topological polar surface area (TPSA) is 38.0 Å². The second kappa shape index (κ2) is 7.84. The van der Waals surface area contributed by atoms with E-state index in [2.05, 4.69) is 26.1 Å². The Labute approximate surface area is 133 Å². The van der Waals surface area contributed by atoms with Crippen LogP contribution in [-0.2, 0) is 0 Å². The number of anilines is 1. The van der Waals surface area contributed by atoms with Crippen LogP contribution < -0.4 is 11.1 Å². The summed E-state index contributed by atoms with van der Waals surface area (Å²) in [7, 11) is 0. The van der Waals surface area contributed by atoms with Crippen molar-refractivity contribution in [2.75, 3.05) is 11.9 Å². The number of hydrogen-bond acceptors (Lipinski definition) is 2. The molecule has 0 fully saturated rings. The Hall–Kier alpha value is -0.800. The zero-order valence-corrected chi connectivity index (χ0v) is 14.2. The molecule has 0 aliphatic rings. The molecular formula is C16H25ClN2S. The number of thiocarbonyl (C=S) groups is 1. The average Bonchev–Trinajstić information content (AvgIpc) is 2.37. The van der Waals surface area contributed by atoms with Crippen LogP contribution in [0.5, 0.6) is 0 Å². The van der Waals surface area contributed by atoms with E-state index in [-0.39, 0.29) is 5.41 Å². The zero-order chi connectivity index (χ0) is 15.2. The molecule has 0 spiro atoms. The van der Waals surface area contributed by atoms with Crippen LogP contribution in [0.25, 0.3) is 0 Å². The normalized spacial score (nSPS) is 11.4. The second-order valence-electron chi connectivity index (χ2n) is 6.03. The van der Waals surface area contributed by atoms with Crippen molar-refractivity contribution in [3.8, 4) is 0 Å². The molecule has 0 saturated carbocycles. The number of nitrogens with two attached hydrogens (primary N) is 1. The number of nitrogens with one attached hydrogen (secondary N) is 1. The van der Waals surface area contributed by atoms with Gasteiger partial charge in [-0.15, -0.1) is 0 Å². The van der Waals surface area contributed by atoms with E-state index in [0.29, 0.717) is 10.0 Å². The van der Waals surface area contributed by atoms with E-state index < -0.39 is 0 Å². The minimum absolute atomic E-state index is 0.252. The molecule has 2 nitrogen and oxygen atoms in total. The van der Waals surface area contributed by atoms with E-state index in [0.717, 1.165) is 17.8 Å². The minimum Gasteiger partial charge on any atom is -0.389 e. The summed E-state index contributed by atoms with van der Waals surface area (Å²) in [4.78, 5) is 0.374. The van der Waals surface area contributed by atoms with E-state index in [1.807, 2.05) is 18.2 Å². The molecule has 3 N–H and O–H groups in total. The Morgan fingerprint density at radius 3 is 2.65 bits per heavy atom. The van der Waals surface area contributed by atoms with Gasteiger partial charge in [-0.2, -0.15) is 0 Å². The molecule has 1 aromatic carbocycles. The van der Waals surface area contributed by atoms with Crippen molar-refractivity contribution < 1.29 is 0 Å². The molecule has 0 radical (unpaired) electrons. The minimum atomic E-state index is 0.252. The van der Waals surface area contributed by atoms with Gasteiger partial charge in [0.2, 0.25) is 0 Å². The number of hydrogen-bond donors (Lipinski definition) is 2. The molecular weight excluding hydrogens is 288 g/mol. The van der Waals surface area contributed by atoms with Gasteiger partial charge in [0.05, 0.1) is 0 Å². The first-order valence-corrected chi connectivity index (χ1v) is 7.97. The van der Waals surface area contributed by atoms with Crippen LogP contribution in [-0.4, -0.2) is 11.5 Å². The highest BCUT2D eigenvalue weighted by Gasteiger charge is 2.18. The third kappa shape index (κ3) is 5.68. The highest BCUT2D eigenvalue weighted by atomic mass is 35.5. The van der Waals surface area contributed by atoms with E-state index in [1.54, 1.807) is 0 Å². The Bertz CT molecular complexity index is 458. The molecule has 0 aliphatic carbocycles. The Kier molecular flexibility index (Phi) is 6.77. The van der Waals surface area contributed by atoms with Crippen LogP contribution >= 0.6 is 23.8 Å². The first-order chi connectivity index (χ1) is 9.35. The van der Waals surface area contributed by atoms with Gasteiger partial charge in [0, 0.05) is 22.8 Å². The summed E-state index contributed by atoms with van der Waals surface area (Å²) in [6.45, 7) is 7.69. The SMILES string of the molecule is CCCCCC(C)(C)CNc1ccc(Cl)cc1C(N)=S. The zero-order valence-electron chi connectivity index (χ0n) is 12.6. The molecule has 0 bridgehead atoms. The van der Waals surface area contributed by atoms with Crippen molar-refractivity contribution in [1.29, 1.82) is 0 Å². The highest BCUT2D eigenvalue weighted by Crippen LogP contribution is 2.26. The molecule has 0 aromatic heterocycles. The molecule has 1 aromatic rings. The monoisotopic (exact) mass is 312 g/mol. The fraction of sp³-hybridized carbons (Fsp3) is 0.562. The highest BCUT2D eigenvalue weighted by molar-refractivity contribution is 7.80. The van der Waals surface area contributed by atoms with Gasteiger partial charge in [-0.1, -0.05) is 63.9 Å². The fourth-order valence-electron chi connectivity index (χ4n) is 2.15. The van der Waals surface area contributed by atoms with E-state index >= 15 is 0 Å². The summed E-state index contributed by atoms with van der Waals surface area (Å²) < 4.78 is 0. The Morgan fingerprint density at radius 1 is 1.35 bits per heavy atom. The molecule has 0 aliphatic heterocycles. The molecule has 0 heterocycles. The van der Waals surface area contributed by atoms with E-state index in [9.17, 15) is 0 Å². The van der Waals surface area contributed by atoms with Crippen LogP contribution in [0.1, 0.15) is 52.0 Å². The Morgan fingerprint density at radius 2 is 2.05 bits per heavy atom. The fourth-order valence-corrected chi connectivity index (χ4v) is 2.49. The van der Waals surface area contributed by atoms with Crippen LogP contribution in [0.15, 0.2) is 18.2 Å². The van der Waals surface area contributed by atoms with Crippen molar-refractivity contribution in [2.45, 2.75) is 46.5 Å². The summed E-state index contributed by atoms with van der Waals surface area (Å²) in [5.74, 6) is 0. The molecule has 0 unspecified atom stereocenters. The van der Waals surface area contributed by atoms with Crippen molar-refractivity contribution >= 4 is 34.5 Å². The van der Waals surface area contributed by atoms with Crippen molar-refractivity contribution in [2.24, 2.45) is 11.1 Å². The standard InChI is InChI=1S/C16H25ClN2S/c1-4-5-6-9-16(2,3)11-19-14-8-7-12(17)10-13(14)15(18)20/h7-8,10,19H,4-6,9,11H2,1-3H3,(H2,18,20). The van der Waals surface area contributed by atoms with Crippen LogP contribution in [0.4, 0.5) is 5.69 Å². The quantitative estimate of drug-likeness (QED) is 0.524. The van der Waals surface area contributed by atoms with Crippen molar-refractivity contribution in [1.82, 2.24) is 0 Å². The third-order valence-corrected chi connectivity index (χ3v) is 3.92. The van der Waals surface area contributed by atoms with Gasteiger partial charge < -0.3 is 11.1 Å². The molecule has 20 heavy (non-hydrogen) atoms. The first kappa shape index (κ1) is 17.3. The lowest BCUT2D eigenvalue weighted by atomic mass is 9.86. The molecule has 0 amide bonds. The van der Waals surface area contributed by atoms with Crippen LogP contribution in [0.3, 0.4) is 0 Å². The number of halogens is 1. The Balaban J connectivity index is 2.67. The summed E-state index contributed by atoms with van der Waals surface area (Å²) in [6, 6.07) is 5.62. The number of rotatable bonds is 8. The summed E-state index contributed by atoms with van der Waals surface area (Å²) in [6.07, 6.45) is 5.03. The smallest absolute Gasteiger partial charge is 0.106 e. The van der Waals surface area contributed by atoms with Crippen molar-refractivity contribution in [3.05, 3.63) is 28.8 Å². The van der Waals surface area contributed by atoms with E-state index in [4.69, 9.17) is 29.6 Å². The molecule has 0 atom stereocenters. The van der Waals surface area contributed by atoms with Gasteiger partial charge >= 0.3 is 0 Å². The number of unbranched alkanes of at least 4 members (excludes halogenated alkanes) is 2. The maximum atomic E-state index is 5.99. The lowest BCUT2D eigenvalue weighted by molar-refractivity contribution is 0.342. The summed E-state index contributed by atoms with van der Waals surface area (Å²) in [5.41, 5.74) is 7.79. The molecule has 0 saturated heterocycles. The predicted molar refractivity (Wildman–Crippen MR) is 93.8 cm³/mol. The molecule has 4 heteroatoms. The maximum Gasteiger partial charge on any atom is 0.106 e. The van der Waals surface area contributed by atoms with Crippen molar-refractivity contribution in [3.63, 3.8) is 0 Å². The van der Waals surface area contributed by atoms with Gasteiger partial charge in [0.15, 0.2) is 0 Å². The van der Waals surface area contributed by atoms with Crippen LogP contribution in [0, 0.1) is 5.41 Å². The van der Waals surface area contributed by atoms with Gasteiger partial charge in [-0.3, -0.25) is 0 Å². The molecule has 1 rings (SSSR count). The molecule has 112 valence electrons. The lowest BCUT2D eigenvalue weighted by Crippen LogP contribution is -2.24. The number of benzene rings is 1. The van der Waals surface area contributed by atoms with Gasteiger partial charge in [0.1, 0.15) is 4.99 Å². The van der Waals surface area contributed by atoms with Gasteiger partial charge in [-0.05, 0) is 30.0 Å². The van der Waals surface area contributed by atoms with Gasteiger partial charge in [0.25, 0.3) is 0 Å². The average molecular weight is 313 g/mol. The predicted octanol–water partition coefficient (Wildman–Crippen LogP) is 4.99. The first-order valence-electron chi connectivity index (χ1n) is 7.19. The van der Waals surface area contributed by atoms with Gasteiger partial charge in [-0.25, -0.2) is 0 Å². The summed E-state index contributed by atoms with van der Waals surface area (Å²) in [5, 5.41) is 4.12. The largest absolute Gasteiger partial charge is 0.389 e. The lowest BCUT2D eigenvalue weighted by Gasteiger charge is -2.26. The maximum absolute atomic E-state index is 5.99. The third-order valence-electron chi connectivity index (χ3n) is 3.46. The second-order valence-corrected chi connectivity index (χ2v) is 6.91. The van der Waals surface area contributed by atoms with E-state index in [1.165, 1.54) is 25.7 Å². The summed E-state index contributed by atoms with van der Waals surface area (Å²) >= 11 is 11.1. The van der Waals surface area contributed by atoms with Crippen LogP contribution in [0.2, 0.25) is 5.02 Å².